The van der Waals surface area contributed by atoms with Crippen molar-refractivity contribution in [1.29, 1.82) is 0 Å². The zero-order chi connectivity index (χ0) is 10.7. The van der Waals surface area contributed by atoms with Crippen LogP contribution >= 0.6 is 0 Å². The zero-order valence-corrected chi connectivity index (χ0v) is 8.05. The van der Waals surface area contributed by atoms with Crippen molar-refractivity contribution < 1.29 is 9.73 Å². The van der Waals surface area contributed by atoms with E-state index in [0.29, 0.717) is 12.8 Å². The van der Waals surface area contributed by atoms with Crippen molar-refractivity contribution in [3.63, 3.8) is 0 Å². The number of nitrogens with two attached hydrogens (primary N) is 1. The summed E-state index contributed by atoms with van der Waals surface area (Å²) in [6.45, 7) is 0. The first kappa shape index (κ1) is 9.51. The minimum absolute atomic E-state index is 0.196. The third-order valence-electron chi connectivity index (χ3n) is 2.20. The molecule has 0 spiro atoms. The van der Waals surface area contributed by atoms with Crippen LogP contribution in [-0.2, 0) is 6.42 Å². The van der Waals surface area contributed by atoms with Crippen molar-refractivity contribution in [2.75, 3.05) is 0 Å². The average molecular weight is 205 g/mol. The summed E-state index contributed by atoms with van der Waals surface area (Å²) in [7, 11) is 0. The number of benzene rings is 1. The second-order valence-electron chi connectivity index (χ2n) is 3.22. The molecule has 1 aromatic heterocycles. The fourth-order valence-electron chi connectivity index (χ4n) is 1.41. The monoisotopic (exact) mass is 205 g/mol. The summed E-state index contributed by atoms with van der Waals surface area (Å²) < 4.78 is 5.12. The van der Waals surface area contributed by atoms with Crippen LogP contribution in [0.1, 0.15) is 12.1 Å². The van der Waals surface area contributed by atoms with E-state index < -0.39 is 0 Å². The molecule has 0 fully saturated rings. The van der Waals surface area contributed by atoms with Crippen LogP contribution in [0, 0.1) is 0 Å². The van der Waals surface area contributed by atoms with Crippen LogP contribution in [0.25, 0.3) is 11.0 Å². The number of hydrogen-bond acceptors (Lipinski definition) is 4. The minimum atomic E-state index is 0.196. The Morgan fingerprint density at radius 1 is 1.47 bits per heavy atom. The highest BCUT2D eigenvalue weighted by Crippen LogP contribution is 2.18. The van der Waals surface area contributed by atoms with Crippen molar-refractivity contribution >= 4 is 16.8 Å². The first-order valence-corrected chi connectivity index (χ1v) is 4.61. The molecule has 5 nitrogen and oxygen atoms in total. The number of fused-ring (bicyclic) bond motifs is 1. The summed E-state index contributed by atoms with van der Waals surface area (Å²) in [5.41, 5.74) is 6.96. The van der Waals surface area contributed by atoms with Gasteiger partial charge in [0.25, 0.3) is 0 Å². The number of nitrogens with zero attached hydrogens (tertiary/aromatic N) is 2. The molecule has 0 saturated carbocycles. The largest absolute Gasteiger partial charge is 0.409 e. The third kappa shape index (κ3) is 1.90. The molecule has 0 atom stereocenters. The van der Waals surface area contributed by atoms with Gasteiger partial charge in [-0.15, -0.1) is 0 Å². The lowest BCUT2D eigenvalue weighted by atomic mass is 10.1. The van der Waals surface area contributed by atoms with Crippen LogP contribution in [0.15, 0.2) is 33.9 Å². The molecule has 2 aromatic rings. The molecule has 0 amide bonds. The molecule has 1 heterocycles. The first-order chi connectivity index (χ1) is 7.31. The fraction of sp³-hybridized carbons (Fsp3) is 0.200. The van der Waals surface area contributed by atoms with Gasteiger partial charge in [-0.05, 0) is 12.1 Å². The van der Waals surface area contributed by atoms with Gasteiger partial charge in [0.2, 0.25) is 0 Å². The van der Waals surface area contributed by atoms with E-state index in [-0.39, 0.29) is 5.84 Å². The summed E-state index contributed by atoms with van der Waals surface area (Å²) in [6.07, 6.45) is 1.07. The van der Waals surface area contributed by atoms with Crippen molar-refractivity contribution in [3.05, 3.63) is 30.0 Å². The molecular formula is C10H11N3O2. The molecule has 0 aliphatic heterocycles. The first-order valence-electron chi connectivity index (χ1n) is 4.61. The second kappa shape index (κ2) is 4.00. The summed E-state index contributed by atoms with van der Waals surface area (Å²) in [4.78, 5) is 0. The van der Waals surface area contributed by atoms with Crippen LogP contribution in [0.3, 0.4) is 0 Å². The highest BCUT2D eigenvalue weighted by molar-refractivity contribution is 5.82. The number of oxime groups is 1. The molecule has 0 unspecified atom stereocenters. The number of para-hydroxylation sites is 1. The van der Waals surface area contributed by atoms with Gasteiger partial charge in [-0.2, -0.15) is 0 Å². The lowest BCUT2D eigenvalue weighted by molar-refractivity contribution is 0.317. The van der Waals surface area contributed by atoms with Crippen molar-refractivity contribution in [1.82, 2.24) is 5.16 Å². The van der Waals surface area contributed by atoms with E-state index >= 15 is 0 Å². The molecule has 0 bridgehead atoms. The lowest BCUT2D eigenvalue weighted by Gasteiger charge is -1.95. The van der Waals surface area contributed by atoms with Gasteiger partial charge in [0.05, 0.1) is 5.69 Å². The van der Waals surface area contributed by atoms with Gasteiger partial charge in [-0.3, -0.25) is 0 Å². The summed E-state index contributed by atoms with van der Waals surface area (Å²) in [5.74, 6) is 0.196. The van der Waals surface area contributed by atoms with Crippen LogP contribution in [0.4, 0.5) is 0 Å². The van der Waals surface area contributed by atoms with Gasteiger partial charge in [-0.1, -0.05) is 22.4 Å². The Hall–Kier alpha value is -2.04. The van der Waals surface area contributed by atoms with Gasteiger partial charge < -0.3 is 15.5 Å². The van der Waals surface area contributed by atoms with E-state index in [2.05, 4.69) is 10.3 Å². The highest BCUT2D eigenvalue weighted by atomic mass is 16.5. The number of amidine groups is 1. The van der Waals surface area contributed by atoms with Crippen LogP contribution in [0.2, 0.25) is 0 Å². The molecule has 15 heavy (non-hydrogen) atoms. The third-order valence-corrected chi connectivity index (χ3v) is 2.20. The Kier molecular flexibility index (Phi) is 2.53. The summed E-state index contributed by atoms with van der Waals surface area (Å²) >= 11 is 0. The number of rotatable bonds is 3. The van der Waals surface area contributed by atoms with E-state index in [1.807, 2.05) is 24.3 Å². The molecule has 0 aliphatic rings. The highest BCUT2D eigenvalue weighted by Gasteiger charge is 2.07. The van der Waals surface area contributed by atoms with Gasteiger partial charge in [0.15, 0.2) is 5.58 Å². The fourth-order valence-corrected chi connectivity index (χ4v) is 1.41. The Morgan fingerprint density at radius 2 is 2.27 bits per heavy atom. The summed E-state index contributed by atoms with van der Waals surface area (Å²) in [6, 6.07) is 7.61. The topological polar surface area (TPSA) is 84.6 Å². The molecule has 0 aliphatic carbocycles. The molecule has 1 aromatic carbocycles. The molecule has 0 saturated heterocycles. The Balaban J connectivity index is 2.22. The van der Waals surface area contributed by atoms with Crippen molar-refractivity contribution in [2.24, 2.45) is 10.9 Å². The minimum Gasteiger partial charge on any atom is -0.409 e. The smallest absolute Gasteiger partial charge is 0.167 e. The van der Waals surface area contributed by atoms with Crippen LogP contribution in [0.5, 0.6) is 0 Å². The van der Waals surface area contributed by atoms with Crippen LogP contribution in [-0.4, -0.2) is 16.2 Å². The predicted molar refractivity (Wildman–Crippen MR) is 55.7 cm³/mol. The molecule has 0 radical (unpaired) electrons. The Morgan fingerprint density at radius 3 is 3.07 bits per heavy atom. The van der Waals surface area contributed by atoms with E-state index in [1.54, 1.807) is 0 Å². The quantitative estimate of drug-likeness (QED) is 0.344. The van der Waals surface area contributed by atoms with E-state index in [9.17, 15) is 0 Å². The van der Waals surface area contributed by atoms with E-state index in [0.717, 1.165) is 16.7 Å². The maximum atomic E-state index is 8.40. The van der Waals surface area contributed by atoms with Gasteiger partial charge >= 0.3 is 0 Å². The Bertz CT molecular complexity index is 490. The average Bonchev–Trinajstić information content (AvgIpc) is 2.69. The van der Waals surface area contributed by atoms with E-state index in [1.165, 1.54) is 0 Å². The van der Waals surface area contributed by atoms with Crippen LogP contribution < -0.4 is 5.73 Å². The molecule has 3 N–H and O–H groups in total. The second-order valence-corrected chi connectivity index (χ2v) is 3.22. The van der Waals surface area contributed by atoms with Gasteiger partial charge in [-0.25, -0.2) is 0 Å². The molecule has 5 heteroatoms. The zero-order valence-electron chi connectivity index (χ0n) is 8.05. The normalized spacial score (nSPS) is 12.1. The van der Waals surface area contributed by atoms with Crippen molar-refractivity contribution in [2.45, 2.75) is 12.8 Å². The number of hydrogen-bond donors (Lipinski definition) is 2. The molecular weight excluding hydrogens is 194 g/mol. The number of aromatic nitrogens is 1. The molecule has 78 valence electrons. The predicted octanol–water partition coefficient (Wildman–Crippen LogP) is 1.51. The standard InChI is InChI=1S/C10H11N3O2/c11-10(12-14)6-5-8-7-3-1-2-4-9(7)15-13-8/h1-4,14H,5-6H2,(H2,11,12). The number of aryl methyl sites for hydroxylation is 1. The molecule has 2 rings (SSSR count). The van der Waals surface area contributed by atoms with Crippen molar-refractivity contribution in [3.8, 4) is 0 Å². The van der Waals surface area contributed by atoms with Gasteiger partial charge in [0.1, 0.15) is 5.84 Å². The summed E-state index contributed by atoms with van der Waals surface area (Å²) in [5, 5.41) is 16.2. The lowest BCUT2D eigenvalue weighted by Crippen LogP contribution is -2.12. The Labute approximate surface area is 86.2 Å². The maximum absolute atomic E-state index is 8.40. The van der Waals surface area contributed by atoms with Gasteiger partial charge in [0, 0.05) is 18.2 Å². The maximum Gasteiger partial charge on any atom is 0.167 e. The van der Waals surface area contributed by atoms with E-state index in [4.69, 9.17) is 15.5 Å². The SMILES string of the molecule is NC(CCc1noc2ccccc12)=NO.